The van der Waals surface area contributed by atoms with Gasteiger partial charge in [-0.3, -0.25) is 14.5 Å². The van der Waals surface area contributed by atoms with E-state index in [1.165, 1.54) is 5.56 Å². The summed E-state index contributed by atoms with van der Waals surface area (Å²) in [5.74, 6) is 1.61. The van der Waals surface area contributed by atoms with Crippen molar-refractivity contribution in [3.8, 4) is 11.5 Å². The highest BCUT2D eigenvalue weighted by Crippen LogP contribution is 2.34. The molecule has 0 N–H and O–H groups in total. The lowest BCUT2D eigenvalue weighted by molar-refractivity contribution is -0.143. The highest BCUT2D eigenvalue weighted by molar-refractivity contribution is 5.84. The maximum absolute atomic E-state index is 13.3. The van der Waals surface area contributed by atoms with Crippen molar-refractivity contribution < 1.29 is 23.8 Å². The Labute approximate surface area is 184 Å². The number of likely N-dealkylation sites (tertiary alicyclic amines) is 1. The Hall–Kier alpha value is -2.32. The third kappa shape index (κ3) is 4.96. The van der Waals surface area contributed by atoms with E-state index in [-0.39, 0.29) is 17.7 Å². The zero-order chi connectivity index (χ0) is 21.8. The Morgan fingerprint density at radius 2 is 1.74 bits per heavy atom. The van der Waals surface area contributed by atoms with E-state index in [1.807, 2.05) is 21.9 Å². The van der Waals surface area contributed by atoms with E-state index in [4.69, 9.17) is 14.2 Å². The summed E-state index contributed by atoms with van der Waals surface area (Å²) in [6.07, 6.45) is 1.89. The van der Waals surface area contributed by atoms with E-state index in [0.717, 1.165) is 50.6 Å². The fraction of sp³-hybridized carbons (Fsp3) is 0.652. The summed E-state index contributed by atoms with van der Waals surface area (Å²) in [4.78, 5) is 31.9. The normalized spacial score (nSPS) is 22.3. The van der Waals surface area contributed by atoms with Crippen LogP contribution in [0.1, 0.15) is 24.0 Å². The summed E-state index contributed by atoms with van der Waals surface area (Å²) in [6, 6.07) is 4.00. The number of amides is 2. The number of carbonyl (C=O) groups excluding carboxylic acids is 2. The maximum atomic E-state index is 13.3. The maximum Gasteiger partial charge on any atom is 0.227 e. The molecule has 2 fully saturated rings. The second kappa shape index (κ2) is 9.87. The number of hydrogen-bond donors (Lipinski definition) is 0. The highest BCUT2D eigenvalue weighted by atomic mass is 16.5. The first-order valence-corrected chi connectivity index (χ1v) is 11.2. The second-order valence-electron chi connectivity index (χ2n) is 8.52. The first kappa shape index (κ1) is 21.9. The van der Waals surface area contributed by atoms with Crippen LogP contribution in [0.25, 0.3) is 0 Å². The van der Waals surface area contributed by atoms with E-state index < -0.39 is 0 Å². The van der Waals surface area contributed by atoms with Crippen molar-refractivity contribution in [1.82, 2.24) is 14.7 Å². The number of piperidine rings is 1. The van der Waals surface area contributed by atoms with Crippen molar-refractivity contribution in [2.45, 2.75) is 25.8 Å². The molecule has 1 atom stereocenters. The molecule has 0 saturated carbocycles. The molecule has 31 heavy (non-hydrogen) atoms. The number of methoxy groups -OCH3 is 2. The van der Waals surface area contributed by atoms with Gasteiger partial charge in [-0.15, -0.1) is 0 Å². The summed E-state index contributed by atoms with van der Waals surface area (Å²) in [5.41, 5.74) is 2.31. The van der Waals surface area contributed by atoms with Crippen LogP contribution in [-0.2, 0) is 27.3 Å². The molecule has 2 amide bonds. The molecule has 3 aliphatic rings. The Kier molecular flexibility index (Phi) is 6.97. The van der Waals surface area contributed by atoms with Crippen LogP contribution in [-0.4, -0.2) is 93.2 Å². The summed E-state index contributed by atoms with van der Waals surface area (Å²) in [7, 11) is 3.26. The molecule has 170 valence electrons. The van der Waals surface area contributed by atoms with Gasteiger partial charge in [0.2, 0.25) is 11.8 Å². The van der Waals surface area contributed by atoms with Crippen molar-refractivity contribution in [1.29, 1.82) is 0 Å². The first-order valence-electron chi connectivity index (χ1n) is 11.2. The topological polar surface area (TPSA) is 71.6 Å². The zero-order valence-electron chi connectivity index (χ0n) is 18.6. The van der Waals surface area contributed by atoms with Crippen LogP contribution >= 0.6 is 0 Å². The minimum atomic E-state index is -0.121. The van der Waals surface area contributed by atoms with Crippen LogP contribution < -0.4 is 9.47 Å². The summed E-state index contributed by atoms with van der Waals surface area (Å²) in [5, 5.41) is 0. The first-order chi connectivity index (χ1) is 15.1. The average Bonchev–Trinajstić information content (AvgIpc) is 2.82. The van der Waals surface area contributed by atoms with E-state index in [0.29, 0.717) is 44.8 Å². The fourth-order valence-electron chi connectivity index (χ4n) is 4.75. The van der Waals surface area contributed by atoms with Gasteiger partial charge in [0.15, 0.2) is 11.5 Å². The van der Waals surface area contributed by atoms with Gasteiger partial charge in [0.25, 0.3) is 0 Å². The van der Waals surface area contributed by atoms with Gasteiger partial charge in [-0.1, -0.05) is 0 Å². The Bertz CT molecular complexity index is 809. The van der Waals surface area contributed by atoms with Crippen LogP contribution in [0.3, 0.4) is 0 Å². The van der Waals surface area contributed by atoms with Crippen LogP contribution in [0.5, 0.6) is 11.5 Å². The van der Waals surface area contributed by atoms with E-state index in [2.05, 4.69) is 4.90 Å². The lowest BCUT2D eigenvalue weighted by Crippen LogP contribution is -2.50. The molecule has 3 heterocycles. The smallest absolute Gasteiger partial charge is 0.227 e. The van der Waals surface area contributed by atoms with Crippen LogP contribution in [0.2, 0.25) is 0 Å². The number of fused-ring (bicyclic) bond motifs is 1. The number of nitrogens with zero attached hydrogens (tertiary/aromatic N) is 3. The van der Waals surface area contributed by atoms with Crippen molar-refractivity contribution in [2.75, 3.05) is 66.7 Å². The summed E-state index contributed by atoms with van der Waals surface area (Å²) < 4.78 is 16.2. The quantitative estimate of drug-likeness (QED) is 0.673. The molecule has 1 aromatic rings. The molecule has 3 aliphatic heterocycles. The van der Waals surface area contributed by atoms with E-state index >= 15 is 0 Å². The lowest BCUT2D eigenvalue weighted by atomic mass is 9.93. The molecular formula is C23H33N3O5. The molecule has 1 aromatic carbocycles. The number of carbonyl (C=O) groups is 2. The molecule has 8 nitrogen and oxygen atoms in total. The van der Waals surface area contributed by atoms with Gasteiger partial charge >= 0.3 is 0 Å². The highest BCUT2D eigenvalue weighted by Gasteiger charge is 2.34. The fourth-order valence-corrected chi connectivity index (χ4v) is 4.75. The van der Waals surface area contributed by atoms with Gasteiger partial charge in [-0.05, 0) is 36.1 Å². The van der Waals surface area contributed by atoms with Crippen molar-refractivity contribution in [3.63, 3.8) is 0 Å². The van der Waals surface area contributed by atoms with Gasteiger partial charge in [0, 0.05) is 52.2 Å². The predicted molar refractivity (Wildman–Crippen MR) is 115 cm³/mol. The molecule has 4 rings (SSSR count). The average molecular weight is 432 g/mol. The predicted octanol–water partition coefficient (Wildman–Crippen LogP) is 1.16. The van der Waals surface area contributed by atoms with Gasteiger partial charge in [-0.25, -0.2) is 0 Å². The molecule has 0 spiro atoms. The molecule has 0 aromatic heterocycles. The molecule has 2 saturated heterocycles. The Morgan fingerprint density at radius 3 is 2.45 bits per heavy atom. The molecule has 8 heteroatoms. The van der Waals surface area contributed by atoms with E-state index in [9.17, 15) is 9.59 Å². The van der Waals surface area contributed by atoms with Crippen molar-refractivity contribution in [2.24, 2.45) is 5.92 Å². The zero-order valence-corrected chi connectivity index (χ0v) is 18.6. The monoisotopic (exact) mass is 431 g/mol. The van der Waals surface area contributed by atoms with Gasteiger partial charge in [-0.2, -0.15) is 0 Å². The lowest BCUT2D eigenvalue weighted by Gasteiger charge is -2.37. The number of morpholine rings is 1. The molecule has 0 bridgehead atoms. The third-order valence-corrected chi connectivity index (χ3v) is 6.67. The second-order valence-corrected chi connectivity index (χ2v) is 8.52. The molecule has 0 radical (unpaired) electrons. The van der Waals surface area contributed by atoms with Crippen LogP contribution in [0, 0.1) is 5.92 Å². The minimum absolute atomic E-state index is 0.121. The number of hydrogen-bond acceptors (Lipinski definition) is 6. The Morgan fingerprint density at radius 1 is 1.03 bits per heavy atom. The number of rotatable bonds is 6. The van der Waals surface area contributed by atoms with Crippen molar-refractivity contribution >= 4 is 11.8 Å². The molecular weight excluding hydrogens is 398 g/mol. The largest absolute Gasteiger partial charge is 0.493 e. The summed E-state index contributed by atoms with van der Waals surface area (Å²) >= 11 is 0. The molecule has 1 unspecified atom stereocenters. The Balaban J connectivity index is 1.37. The third-order valence-electron chi connectivity index (χ3n) is 6.67. The minimum Gasteiger partial charge on any atom is -0.493 e. The standard InChI is InChI=1S/C23H33N3O5/c1-29-20-13-17-5-6-26(16-19(17)14-21(20)30-2)23(28)18-3-4-22(27)25(15-18)8-7-24-9-11-31-12-10-24/h13-14,18H,3-12,15-16H2,1-2H3. The van der Waals surface area contributed by atoms with Crippen LogP contribution in [0.4, 0.5) is 0 Å². The van der Waals surface area contributed by atoms with Gasteiger partial charge in [0.1, 0.15) is 0 Å². The van der Waals surface area contributed by atoms with Gasteiger partial charge < -0.3 is 24.0 Å². The van der Waals surface area contributed by atoms with Crippen molar-refractivity contribution in [3.05, 3.63) is 23.3 Å². The summed E-state index contributed by atoms with van der Waals surface area (Å²) in [6.45, 7) is 6.64. The van der Waals surface area contributed by atoms with E-state index in [1.54, 1.807) is 14.2 Å². The van der Waals surface area contributed by atoms with Gasteiger partial charge in [0.05, 0.1) is 33.4 Å². The van der Waals surface area contributed by atoms with Crippen LogP contribution in [0.15, 0.2) is 12.1 Å². The number of benzene rings is 1. The molecule has 0 aliphatic carbocycles. The number of ether oxygens (including phenoxy) is 3. The SMILES string of the molecule is COc1cc2c(cc1OC)CN(C(=O)C1CCC(=O)N(CCN3CCOCC3)C1)CC2.